The van der Waals surface area contributed by atoms with E-state index < -0.39 is 41.3 Å². The maximum absolute atomic E-state index is 13.0. The van der Waals surface area contributed by atoms with Crippen molar-refractivity contribution < 1.29 is 45.5 Å². The van der Waals surface area contributed by atoms with Crippen molar-refractivity contribution in [3.8, 4) is 17.4 Å². The Labute approximate surface area is 173 Å². The molecule has 1 amide bonds. The number of nitrogens with zero attached hydrogens (tertiary/aromatic N) is 4. The van der Waals surface area contributed by atoms with Crippen molar-refractivity contribution in [2.75, 3.05) is 5.32 Å². The Morgan fingerprint density at radius 3 is 2.25 bits per heavy atom. The number of rotatable bonds is 5. The van der Waals surface area contributed by atoms with Crippen LogP contribution in [0.4, 0.5) is 32.0 Å². The van der Waals surface area contributed by atoms with Crippen LogP contribution in [-0.2, 0) is 6.18 Å². The predicted molar refractivity (Wildman–Crippen MR) is 91.4 cm³/mol. The molecule has 3 rings (SSSR count). The van der Waals surface area contributed by atoms with Gasteiger partial charge in [-0.05, 0) is 36.4 Å². The third kappa shape index (κ3) is 5.93. The molecular weight excluding hydrogens is 452 g/mol. The third-order valence-corrected chi connectivity index (χ3v) is 3.51. The van der Waals surface area contributed by atoms with Gasteiger partial charge in [-0.25, -0.2) is 0 Å². The van der Waals surface area contributed by atoms with Gasteiger partial charge in [-0.15, -0.1) is 23.4 Å². The zero-order valence-corrected chi connectivity index (χ0v) is 15.3. The van der Waals surface area contributed by atoms with Gasteiger partial charge in [-0.3, -0.25) is 4.79 Å². The molecule has 0 aliphatic heterocycles. The van der Waals surface area contributed by atoms with Crippen LogP contribution in [0.3, 0.4) is 0 Å². The maximum Gasteiger partial charge on any atom is 0.573 e. The van der Waals surface area contributed by atoms with Crippen LogP contribution in [0.15, 0.2) is 48.8 Å². The minimum absolute atomic E-state index is 0.0926. The summed E-state index contributed by atoms with van der Waals surface area (Å²) in [6, 6.07) is 5.33. The molecule has 2 heterocycles. The van der Waals surface area contributed by atoms with Crippen molar-refractivity contribution in [3.63, 3.8) is 0 Å². The Bertz CT molecular complexity index is 1120. The number of ether oxygens (including phenoxy) is 2. The van der Waals surface area contributed by atoms with Gasteiger partial charge in [0.05, 0.1) is 6.20 Å². The van der Waals surface area contributed by atoms with E-state index in [0.717, 1.165) is 36.7 Å². The Morgan fingerprint density at radius 2 is 1.66 bits per heavy atom. The molecule has 0 aliphatic carbocycles. The summed E-state index contributed by atoms with van der Waals surface area (Å²) in [5.74, 6) is -2.57. The second kappa shape index (κ2) is 8.52. The van der Waals surface area contributed by atoms with Crippen LogP contribution in [0.25, 0.3) is 0 Å². The normalized spacial score (nSPS) is 11.7. The molecule has 0 aliphatic rings. The van der Waals surface area contributed by atoms with E-state index in [0.29, 0.717) is 6.07 Å². The SMILES string of the molecule is O=C(Nc1ccn[n+]([O-])c1)c1cc(C(F)(F)F)nnc1Oc1ccc(OC(F)(F)F)cc1. The van der Waals surface area contributed by atoms with E-state index in [1.807, 2.05) is 0 Å². The molecule has 9 nitrogen and oxygen atoms in total. The van der Waals surface area contributed by atoms with E-state index in [9.17, 15) is 36.3 Å². The second-order valence-corrected chi connectivity index (χ2v) is 5.84. The van der Waals surface area contributed by atoms with E-state index >= 15 is 0 Å². The predicted octanol–water partition coefficient (Wildman–Crippen LogP) is 3.47. The van der Waals surface area contributed by atoms with Gasteiger partial charge in [0.1, 0.15) is 22.7 Å². The average molecular weight is 461 g/mol. The number of alkyl halides is 6. The van der Waals surface area contributed by atoms with Crippen molar-refractivity contribution in [2.24, 2.45) is 0 Å². The van der Waals surface area contributed by atoms with Gasteiger partial charge in [0, 0.05) is 5.10 Å². The third-order valence-electron chi connectivity index (χ3n) is 3.51. The molecule has 3 aromatic rings. The summed E-state index contributed by atoms with van der Waals surface area (Å²) in [6.07, 6.45) is -7.98. The number of nitrogens with one attached hydrogen (secondary N) is 1. The van der Waals surface area contributed by atoms with Gasteiger partial charge in [0.2, 0.25) is 6.20 Å². The number of benzene rings is 1. The molecule has 0 unspecified atom stereocenters. The molecule has 15 heteroatoms. The van der Waals surface area contributed by atoms with Crippen LogP contribution in [0, 0.1) is 5.21 Å². The largest absolute Gasteiger partial charge is 0.594 e. The first-order valence-electron chi connectivity index (χ1n) is 8.26. The molecule has 0 atom stereocenters. The molecule has 0 saturated heterocycles. The summed E-state index contributed by atoms with van der Waals surface area (Å²) in [5, 5.41) is 22.9. The highest BCUT2D eigenvalue weighted by atomic mass is 19.4. The lowest BCUT2D eigenvalue weighted by atomic mass is 10.2. The van der Waals surface area contributed by atoms with Crippen molar-refractivity contribution in [1.29, 1.82) is 0 Å². The molecule has 32 heavy (non-hydrogen) atoms. The summed E-state index contributed by atoms with van der Waals surface area (Å²) < 4.78 is 84.7. The van der Waals surface area contributed by atoms with Crippen LogP contribution >= 0.6 is 0 Å². The highest BCUT2D eigenvalue weighted by Crippen LogP contribution is 2.32. The quantitative estimate of drug-likeness (QED) is 0.352. The number of hydrogen-bond donors (Lipinski definition) is 1. The summed E-state index contributed by atoms with van der Waals surface area (Å²) in [5.41, 5.74) is -2.31. The number of carbonyl (C=O) groups excluding carboxylic acids is 1. The van der Waals surface area contributed by atoms with Gasteiger partial charge in [0.15, 0.2) is 5.69 Å². The van der Waals surface area contributed by atoms with E-state index in [1.54, 1.807) is 0 Å². The molecule has 0 saturated carbocycles. The van der Waals surface area contributed by atoms with E-state index in [2.05, 4.69) is 25.3 Å². The van der Waals surface area contributed by atoms with Gasteiger partial charge in [0.25, 0.3) is 11.8 Å². The fourth-order valence-corrected chi connectivity index (χ4v) is 2.23. The van der Waals surface area contributed by atoms with Crippen molar-refractivity contribution in [3.05, 3.63) is 65.3 Å². The zero-order valence-electron chi connectivity index (χ0n) is 15.3. The van der Waals surface area contributed by atoms with Crippen molar-refractivity contribution in [2.45, 2.75) is 12.5 Å². The molecule has 1 N–H and O–H groups in total. The standard InChI is InChI=1S/C17H9F6N5O4/c18-16(19,20)13-7-12(14(29)25-9-5-6-24-28(30)8-9)15(27-26-13)31-10-1-3-11(4-2-10)32-17(21,22)23/h1-8H,(H,25,29). The topological polar surface area (TPSA) is 113 Å². The summed E-state index contributed by atoms with van der Waals surface area (Å²) in [4.78, 5) is 12.6. The molecule has 0 spiro atoms. The average Bonchev–Trinajstić information content (AvgIpc) is 2.68. The molecule has 168 valence electrons. The summed E-state index contributed by atoms with van der Waals surface area (Å²) >= 11 is 0. The van der Waals surface area contributed by atoms with Crippen LogP contribution in [0.1, 0.15) is 16.1 Å². The van der Waals surface area contributed by atoms with Crippen molar-refractivity contribution in [1.82, 2.24) is 15.3 Å². The van der Waals surface area contributed by atoms with E-state index in [4.69, 9.17) is 4.74 Å². The second-order valence-electron chi connectivity index (χ2n) is 5.84. The first-order chi connectivity index (χ1) is 14.9. The fourth-order valence-electron chi connectivity index (χ4n) is 2.23. The molecular formula is C17H9F6N5O4. The Kier molecular flexibility index (Phi) is 6.00. The van der Waals surface area contributed by atoms with E-state index in [1.165, 1.54) is 6.07 Å². The monoisotopic (exact) mass is 461 g/mol. The lowest BCUT2D eigenvalue weighted by Gasteiger charge is -2.13. The first-order valence-corrected chi connectivity index (χ1v) is 8.26. The number of halogens is 6. The lowest BCUT2D eigenvalue weighted by molar-refractivity contribution is -0.668. The highest BCUT2D eigenvalue weighted by molar-refractivity contribution is 6.05. The summed E-state index contributed by atoms with van der Waals surface area (Å²) in [6.45, 7) is 0. The van der Waals surface area contributed by atoms with E-state index in [-0.39, 0.29) is 16.3 Å². The van der Waals surface area contributed by atoms with Gasteiger partial charge >= 0.3 is 12.5 Å². The van der Waals surface area contributed by atoms with Crippen LogP contribution < -0.4 is 19.6 Å². The van der Waals surface area contributed by atoms with Crippen LogP contribution in [0.5, 0.6) is 17.4 Å². The van der Waals surface area contributed by atoms with Gasteiger partial charge in [-0.2, -0.15) is 13.2 Å². The number of aromatic nitrogens is 4. The molecule has 2 aromatic heterocycles. The molecule has 0 fully saturated rings. The summed E-state index contributed by atoms with van der Waals surface area (Å²) in [7, 11) is 0. The van der Waals surface area contributed by atoms with Crippen LogP contribution in [-0.4, -0.2) is 27.6 Å². The van der Waals surface area contributed by atoms with Crippen molar-refractivity contribution >= 4 is 11.6 Å². The minimum Gasteiger partial charge on any atom is -0.594 e. The molecule has 0 bridgehead atoms. The first kappa shape index (κ1) is 22.5. The number of carbonyl (C=O) groups is 1. The number of amides is 1. The smallest absolute Gasteiger partial charge is 0.573 e. The lowest BCUT2D eigenvalue weighted by Crippen LogP contribution is -2.30. The van der Waals surface area contributed by atoms with Crippen LogP contribution in [0.2, 0.25) is 0 Å². The maximum atomic E-state index is 13.0. The van der Waals surface area contributed by atoms with Gasteiger partial charge in [-0.1, -0.05) is 4.85 Å². The Balaban J connectivity index is 1.90. The Morgan fingerprint density at radius 1 is 1.00 bits per heavy atom. The Hall–Kier alpha value is -4.17. The zero-order chi connectivity index (χ0) is 23.5. The molecule has 0 radical (unpaired) electrons. The number of hydrogen-bond acceptors (Lipinski definition) is 7. The molecule has 1 aromatic carbocycles. The number of anilines is 1. The minimum atomic E-state index is -4.94. The highest BCUT2D eigenvalue weighted by Gasteiger charge is 2.35. The fraction of sp³-hybridized carbons (Fsp3) is 0.118. The van der Waals surface area contributed by atoms with Gasteiger partial charge < -0.3 is 20.0 Å².